The van der Waals surface area contributed by atoms with Crippen molar-refractivity contribution < 1.29 is 37.6 Å². The molecule has 0 aliphatic rings. The van der Waals surface area contributed by atoms with Crippen LogP contribution in [0, 0.1) is 0 Å². The molecule has 0 heterocycles. The van der Waals surface area contributed by atoms with Gasteiger partial charge in [0.2, 0.25) is 0 Å². The number of allylic oxidation sites excluding steroid dienone is 22. The number of carbonyl (C=O) groups excluding carboxylic acids is 2. The molecule has 0 fully saturated rings. The summed E-state index contributed by atoms with van der Waals surface area (Å²) in [5, 5.41) is 0. The van der Waals surface area contributed by atoms with Gasteiger partial charge in [0.05, 0.1) is 13.2 Å². The van der Waals surface area contributed by atoms with E-state index in [1.54, 1.807) is 0 Å². The van der Waals surface area contributed by atoms with Crippen LogP contribution in [-0.4, -0.2) is 49.3 Å². The van der Waals surface area contributed by atoms with Crippen LogP contribution in [0.1, 0.15) is 219 Å². The fourth-order valence-electron chi connectivity index (χ4n) is 7.37. The summed E-state index contributed by atoms with van der Waals surface area (Å²) in [7, 11) is -4.41. The van der Waals surface area contributed by atoms with Crippen molar-refractivity contribution in [3.05, 3.63) is 134 Å². The molecule has 0 saturated carbocycles. The fraction of sp³-hybridized carbons (Fsp3) is 0.619. The van der Waals surface area contributed by atoms with E-state index in [0.717, 1.165) is 103 Å². The van der Waals surface area contributed by atoms with Crippen LogP contribution in [0.25, 0.3) is 0 Å². The molecule has 0 aliphatic carbocycles. The Morgan fingerprint density at radius 1 is 0.411 bits per heavy atom. The van der Waals surface area contributed by atoms with Gasteiger partial charge in [0.25, 0.3) is 0 Å². The quantitative estimate of drug-likeness (QED) is 0.0264. The number of phosphoric ester groups is 1. The number of esters is 2. The van der Waals surface area contributed by atoms with Crippen LogP contribution in [0.2, 0.25) is 0 Å². The predicted molar refractivity (Wildman–Crippen MR) is 311 cm³/mol. The Bertz CT molecular complexity index is 1650. The highest BCUT2D eigenvalue weighted by atomic mass is 31.2. The molecular formula is C63H104NO8P. The Morgan fingerprint density at radius 3 is 1.08 bits per heavy atom. The molecule has 0 saturated heterocycles. The van der Waals surface area contributed by atoms with Crippen LogP contribution in [0.4, 0.5) is 0 Å². The van der Waals surface area contributed by atoms with Crippen molar-refractivity contribution in [1.82, 2.24) is 0 Å². The molecule has 0 aliphatic heterocycles. The largest absolute Gasteiger partial charge is 0.472 e. The average Bonchev–Trinajstić information content (AvgIpc) is 3.38. The van der Waals surface area contributed by atoms with Gasteiger partial charge in [0.15, 0.2) is 6.10 Å². The number of unbranched alkanes of at least 4 members (excludes halogenated alkanes) is 17. The fourth-order valence-corrected chi connectivity index (χ4v) is 8.14. The van der Waals surface area contributed by atoms with Gasteiger partial charge in [-0.2, -0.15) is 0 Å². The molecule has 73 heavy (non-hydrogen) atoms. The summed E-state index contributed by atoms with van der Waals surface area (Å²) in [5.41, 5.74) is 5.37. The van der Waals surface area contributed by atoms with E-state index in [9.17, 15) is 19.0 Å². The molecule has 3 N–H and O–H groups in total. The topological polar surface area (TPSA) is 134 Å². The maximum Gasteiger partial charge on any atom is 0.472 e. The molecule has 0 rings (SSSR count). The smallest absolute Gasteiger partial charge is 0.462 e. The number of nitrogens with two attached hydrogens (primary N) is 1. The van der Waals surface area contributed by atoms with Gasteiger partial charge in [-0.05, 0) is 109 Å². The average molecular weight is 1030 g/mol. The third kappa shape index (κ3) is 57.3. The first-order valence-electron chi connectivity index (χ1n) is 28.7. The first-order valence-corrected chi connectivity index (χ1v) is 30.2. The Morgan fingerprint density at radius 2 is 0.712 bits per heavy atom. The molecule has 0 radical (unpaired) electrons. The van der Waals surface area contributed by atoms with Gasteiger partial charge in [-0.25, -0.2) is 4.57 Å². The van der Waals surface area contributed by atoms with Gasteiger partial charge in [0.1, 0.15) is 6.61 Å². The van der Waals surface area contributed by atoms with Crippen molar-refractivity contribution in [1.29, 1.82) is 0 Å². The Labute approximate surface area is 446 Å². The number of phosphoric acid groups is 1. The van der Waals surface area contributed by atoms with E-state index in [2.05, 4.69) is 148 Å². The number of hydrogen-bond acceptors (Lipinski definition) is 8. The molecule has 0 aromatic heterocycles. The molecule has 9 nitrogen and oxygen atoms in total. The molecule has 0 aromatic rings. The van der Waals surface area contributed by atoms with Crippen LogP contribution in [0.5, 0.6) is 0 Å². The Kier molecular flexibility index (Phi) is 54.4. The van der Waals surface area contributed by atoms with E-state index in [0.29, 0.717) is 6.42 Å². The minimum atomic E-state index is -4.41. The molecule has 2 unspecified atom stereocenters. The van der Waals surface area contributed by atoms with Crippen molar-refractivity contribution in [3.8, 4) is 0 Å². The Hall–Kier alpha value is -3.85. The first kappa shape index (κ1) is 69.2. The summed E-state index contributed by atoms with van der Waals surface area (Å²) >= 11 is 0. The summed E-state index contributed by atoms with van der Waals surface area (Å²) in [6.07, 6.45) is 80.8. The lowest BCUT2D eigenvalue weighted by Crippen LogP contribution is -2.29. The Balaban J connectivity index is 4.03. The van der Waals surface area contributed by atoms with Gasteiger partial charge >= 0.3 is 19.8 Å². The van der Waals surface area contributed by atoms with E-state index in [-0.39, 0.29) is 32.6 Å². The normalized spacial score (nSPS) is 14.1. The van der Waals surface area contributed by atoms with Crippen LogP contribution in [0.15, 0.2) is 134 Å². The van der Waals surface area contributed by atoms with Crippen molar-refractivity contribution in [3.63, 3.8) is 0 Å². The van der Waals surface area contributed by atoms with E-state index in [4.69, 9.17) is 24.3 Å². The number of ether oxygens (including phenoxy) is 2. The molecule has 414 valence electrons. The lowest BCUT2D eigenvalue weighted by atomic mass is 10.0. The molecular weight excluding hydrogens is 930 g/mol. The van der Waals surface area contributed by atoms with Gasteiger partial charge in [-0.15, -0.1) is 0 Å². The van der Waals surface area contributed by atoms with E-state index >= 15 is 0 Å². The second-order valence-corrected chi connectivity index (χ2v) is 19.8. The third-order valence-corrected chi connectivity index (χ3v) is 12.5. The highest BCUT2D eigenvalue weighted by molar-refractivity contribution is 7.47. The van der Waals surface area contributed by atoms with E-state index < -0.39 is 32.5 Å². The molecule has 2 atom stereocenters. The summed E-state index contributed by atoms with van der Waals surface area (Å²) in [5.74, 6) is -0.886. The zero-order valence-electron chi connectivity index (χ0n) is 46.1. The monoisotopic (exact) mass is 1030 g/mol. The van der Waals surface area contributed by atoms with Crippen molar-refractivity contribution >= 4 is 19.8 Å². The third-order valence-electron chi connectivity index (χ3n) is 11.5. The van der Waals surface area contributed by atoms with Gasteiger partial charge in [0, 0.05) is 19.4 Å². The summed E-state index contributed by atoms with van der Waals surface area (Å²) in [4.78, 5) is 35.2. The summed E-state index contributed by atoms with van der Waals surface area (Å²) in [6, 6.07) is 0. The zero-order chi connectivity index (χ0) is 53.1. The highest BCUT2D eigenvalue weighted by Gasteiger charge is 2.26. The van der Waals surface area contributed by atoms with Crippen LogP contribution >= 0.6 is 7.82 Å². The summed E-state index contributed by atoms with van der Waals surface area (Å²) < 4.78 is 33.0. The van der Waals surface area contributed by atoms with Gasteiger partial charge in [-0.1, -0.05) is 231 Å². The summed E-state index contributed by atoms with van der Waals surface area (Å²) in [6.45, 7) is 3.45. The maximum absolute atomic E-state index is 12.7. The lowest BCUT2D eigenvalue weighted by molar-refractivity contribution is -0.161. The standard InChI is InChI=1S/C63H104NO8P/c1-3-5-7-9-11-13-15-17-19-21-23-25-26-27-28-29-30-31-32-33-34-36-37-39-41-43-45-47-49-51-53-55-62(65)69-59-61(60-71-73(67,68)70-58-57-64)72-63(66)56-54-52-50-48-46-44-42-40-38-35-24-22-20-18-16-14-12-10-8-6-4-2/h5-8,11-14,17-20,23-25,27-28,35,40,42,46,48,61H,3-4,9-10,15-16,21-22,26,29-34,36-39,41,43-45,47,49-60,64H2,1-2H3,(H,67,68)/b7-5-,8-6-,13-11-,14-12-,19-17-,20-18-,25-23-,28-27-,35-24-,42-40-,48-46-. The van der Waals surface area contributed by atoms with Crippen LogP contribution < -0.4 is 5.73 Å². The predicted octanol–water partition coefficient (Wildman–Crippen LogP) is 18.2. The molecule has 0 spiro atoms. The second kappa shape index (κ2) is 57.4. The highest BCUT2D eigenvalue weighted by Crippen LogP contribution is 2.43. The van der Waals surface area contributed by atoms with Crippen LogP contribution in [0.3, 0.4) is 0 Å². The lowest BCUT2D eigenvalue weighted by Gasteiger charge is -2.19. The van der Waals surface area contributed by atoms with E-state index in [1.165, 1.54) is 83.5 Å². The number of rotatable bonds is 52. The minimum Gasteiger partial charge on any atom is -0.462 e. The molecule has 0 aromatic carbocycles. The second-order valence-electron chi connectivity index (χ2n) is 18.4. The SMILES string of the molecule is CC/C=C\C/C=C\C/C=C\C/C=C\C/C=C\C/C=C\CCCCC(=O)OC(COC(=O)CCCCCCCCCCCCCCCCC/C=C\C/C=C\C/C=C\C/C=C\C/C=C\CC)COP(=O)(O)OCCN. The zero-order valence-corrected chi connectivity index (χ0v) is 47.0. The van der Waals surface area contributed by atoms with Crippen molar-refractivity contribution in [2.45, 2.75) is 225 Å². The van der Waals surface area contributed by atoms with Gasteiger partial charge < -0.3 is 20.1 Å². The molecule has 0 amide bonds. The van der Waals surface area contributed by atoms with Gasteiger partial charge in [-0.3, -0.25) is 18.6 Å². The maximum atomic E-state index is 12.7. The van der Waals surface area contributed by atoms with Crippen molar-refractivity contribution in [2.24, 2.45) is 5.73 Å². The number of carbonyl (C=O) groups is 2. The van der Waals surface area contributed by atoms with E-state index in [1.807, 2.05) is 0 Å². The van der Waals surface area contributed by atoms with Crippen molar-refractivity contribution in [2.75, 3.05) is 26.4 Å². The first-order chi connectivity index (χ1) is 35.8. The molecule has 0 bridgehead atoms. The van der Waals surface area contributed by atoms with Crippen LogP contribution in [-0.2, 0) is 32.7 Å². The molecule has 10 heteroatoms. The minimum absolute atomic E-state index is 0.0395. The number of hydrogen-bond donors (Lipinski definition) is 2.